The number of hydrogen-bond donors (Lipinski definition) is 1. The maximum Gasteiger partial charge on any atom is 0.194 e. The Kier molecular flexibility index (Phi) is 11.1. The number of aromatic nitrogens is 1. The summed E-state index contributed by atoms with van der Waals surface area (Å²) in [5, 5.41) is 3.38. The highest BCUT2D eigenvalue weighted by Crippen LogP contribution is 2.28. The van der Waals surface area contributed by atoms with Crippen LogP contribution in [0.4, 0.5) is 5.82 Å². The second-order valence-corrected chi connectivity index (χ2v) is 8.04. The third-order valence-corrected chi connectivity index (χ3v) is 5.47. The van der Waals surface area contributed by atoms with Crippen molar-refractivity contribution in [1.29, 1.82) is 0 Å². The highest BCUT2D eigenvalue weighted by molar-refractivity contribution is 14.0. The maximum atomic E-state index is 5.76. The van der Waals surface area contributed by atoms with Gasteiger partial charge in [0.15, 0.2) is 5.96 Å². The molecular weight excluding hydrogens is 477 g/mol. The van der Waals surface area contributed by atoms with Gasteiger partial charge in [0.05, 0.1) is 13.2 Å². The van der Waals surface area contributed by atoms with Crippen LogP contribution in [0, 0.1) is 5.92 Å². The van der Waals surface area contributed by atoms with Gasteiger partial charge in [-0.05, 0) is 50.2 Å². The number of guanidine groups is 1. The smallest absolute Gasteiger partial charge is 0.194 e. The summed E-state index contributed by atoms with van der Waals surface area (Å²) >= 11 is 0. The number of anilines is 1. The van der Waals surface area contributed by atoms with Gasteiger partial charge in [0.25, 0.3) is 0 Å². The van der Waals surface area contributed by atoms with Crippen LogP contribution in [-0.2, 0) is 11.3 Å². The molecule has 164 valence electrons. The molecule has 1 aliphatic heterocycles. The highest BCUT2D eigenvalue weighted by Gasteiger charge is 2.21. The van der Waals surface area contributed by atoms with E-state index in [0.717, 1.165) is 62.7 Å². The Morgan fingerprint density at radius 1 is 1.24 bits per heavy atom. The molecule has 2 aliphatic rings. The number of ether oxygens (including phenoxy) is 1. The zero-order valence-electron chi connectivity index (χ0n) is 18.1. The molecule has 3 rings (SSSR count). The summed E-state index contributed by atoms with van der Waals surface area (Å²) < 4.78 is 5.76. The molecule has 0 amide bonds. The molecule has 1 N–H and O–H groups in total. The average Bonchev–Trinajstić information content (AvgIpc) is 3.56. The van der Waals surface area contributed by atoms with E-state index in [0.29, 0.717) is 6.54 Å². The number of halogens is 1. The lowest BCUT2D eigenvalue weighted by Gasteiger charge is -2.22. The van der Waals surface area contributed by atoms with Gasteiger partial charge in [-0.2, -0.15) is 0 Å². The number of hydrogen-bond acceptors (Lipinski definition) is 4. The van der Waals surface area contributed by atoms with Crippen LogP contribution in [0.1, 0.15) is 51.0 Å². The molecule has 0 spiro atoms. The molecule has 1 saturated carbocycles. The molecule has 1 aromatic rings. The van der Waals surface area contributed by atoms with E-state index >= 15 is 0 Å². The predicted octanol–water partition coefficient (Wildman–Crippen LogP) is 3.90. The summed E-state index contributed by atoms with van der Waals surface area (Å²) in [6.07, 6.45) is 9.89. The third-order valence-electron chi connectivity index (χ3n) is 5.47. The van der Waals surface area contributed by atoms with Crippen molar-refractivity contribution in [1.82, 2.24) is 15.2 Å². The van der Waals surface area contributed by atoms with Crippen LogP contribution in [0.15, 0.2) is 23.3 Å². The zero-order valence-corrected chi connectivity index (χ0v) is 20.4. The van der Waals surface area contributed by atoms with E-state index in [4.69, 9.17) is 14.7 Å². The molecule has 0 unspecified atom stereocenters. The van der Waals surface area contributed by atoms with Crippen LogP contribution in [0.3, 0.4) is 0 Å². The minimum Gasteiger partial charge on any atom is -0.379 e. The summed E-state index contributed by atoms with van der Waals surface area (Å²) in [5.41, 5.74) is 1.15. The summed E-state index contributed by atoms with van der Waals surface area (Å²) in [5.74, 6) is 2.84. The molecule has 6 nitrogen and oxygen atoms in total. The van der Waals surface area contributed by atoms with Crippen molar-refractivity contribution >= 4 is 35.8 Å². The Hall–Kier alpha value is -1.09. The Morgan fingerprint density at radius 2 is 2.00 bits per heavy atom. The lowest BCUT2D eigenvalue weighted by atomic mass is 10.2. The lowest BCUT2D eigenvalue weighted by molar-refractivity contribution is 0.115. The topological polar surface area (TPSA) is 53.0 Å². The number of nitrogens with zero attached hydrogens (tertiary/aromatic N) is 4. The molecular formula is C22H38IN5O. The van der Waals surface area contributed by atoms with Gasteiger partial charge in [0.1, 0.15) is 5.82 Å². The van der Waals surface area contributed by atoms with Gasteiger partial charge in [-0.25, -0.2) is 9.98 Å². The van der Waals surface area contributed by atoms with Crippen LogP contribution in [0.25, 0.3) is 0 Å². The van der Waals surface area contributed by atoms with Gasteiger partial charge in [-0.1, -0.05) is 18.9 Å². The number of aliphatic imine (C=N–C) groups is 1. The Labute approximate surface area is 193 Å². The monoisotopic (exact) mass is 515 g/mol. The van der Waals surface area contributed by atoms with E-state index in [2.05, 4.69) is 41.2 Å². The van der Waals surface area contributed by atoms with Crippen molar-refractivity contribution in [3.8, 4) is 0 Å². The lowest BCUT2D eigenvalue weighted by Crippen LogP contribution is -2.40. The fraction of sp³-hybridized carbons (Fsp3) is 0.727. The van der Waals surface area contributed by atoms with Gasteiger partial charge in [0, 0.05) is 46.0 Å². The van der Waals surface area contributed by atoms with Crippen molar-refractivity contribution < 1.29 is 4.74 Å². The minimum absolute atomic E-state index is 0. The zero-order chi connectivity index (χ0) is 19.6. The maximum absolute atomic E-state index is 5.76. The van der Waals surface area contributed by atoms with Gasteiger partial charge < -0.3 is 19.9 Å². The summed E-state index contributed by atoms with van der Waals surface area (Å²) in [6, 6.07) is 4.32. The van der Waals surface area contributed by atoms with Crippen molar-refractivity contribution in [2.24, 2.45) is 10.9 Å². The highest BCUT2D eigenvalue weighted by atomic mass is 127. The van der Waals surface area contributed by atoms with E-state index in [1.165, 1.54) is 38.5 Å². The number of pyridine rings is 1. The average molecular weight is 515 g/mol. The first-order valence-corrected chi connectivity index (χ1v) is 11.0. The molecule has 0 radical (unpaired) electrons. The van der Waals surface area contributed by atoms with Crippen molar-refractivity contribution in [2.45, 2.75) is 52.0 Å². The first-order chi connectivity index (χ1) is 13.8. The van der Waals surface area contributed by atoms with E-state index in [9.17, 15) is 0 Å². The largest absolute Gasteiger partial charge is 0.379 e. The minimum atomic E-state index is 0. The molecule has 2 heterocycles. The Bertz CT molecular complexity index is 598. The molecule has 7 heteroatoms. The van der Waals surface area contributed by atoms with Crippen LogP contribution < -0.4 is 10.2 Å². The van der Waals surface area contributed by atoms with E-state index in [1.807, 2.05) is 6.20 Å². The normalized spacial score (nSPS) is 17.4. The van der Waals surface area contributed by atoms with Gasteiger partial charge in [0.2, 0.25) is 0 Å². The molecule has 0 atom stereocenters. The summed E-state index contributed by atoms with van der Waals surface area (Å²) in [4.78, 5) is 14.1. The summed E-state index contributed by atoms with van der Waals surface area (Å²) in [6.45, 7) is 8.38. The first kappa shape index (κ1) is 24.2. The molecule has 0 bridgehead atoms. The molecule has 2 fully saturated rings. The predicted molar refractivity (Wildman–Crippen MR) is 131 cm³/mol. The van der Waals surface area contributed by atoms with Gasteiger partial charge >= 0.3 is 0 Å². The van der Waals surface area contributed by atoms with E-state index < -0.39 is 0 Å². The molecule has 1 aromatic heterocycles. The van der Waals surface area contributed by atoms with Gasteiger partial charge in [-0.15, -0.1) is 24.0 Å². The fourth-order valence-corrected chi connectivity index (χ4v) is 3.47. The SMILES string of the molecule is CCNC(=NCc1ccc(N2CCCCCC2)nc1)N(C)CCOCC1CC1.I. The van der Waals surface area contributed by atoms with Crippen LogP contribution in [-0.4, -0.2) is 62.3 Å². The van der Waals surface area contributed by atoms with Crippen LogP contribution >= 0.6 is 24.0 Å². The number of rotatable bonds is 9. The third kappa shape index (κ3) is 8.66. The van der Waals surface area contributed by atoms with Crippen molar-refractivity contribution in [3.05, 3.63) is 23.9 Å². The second kappa shape index (κ2) is 13.3. The first-order valence-electron chi connectivity index (χ1n) is 11.0. The van der Waals surface area contributed by atoms with E-state index in [-0.39, 0.29) is 24.0 Å². The Morgan fingerprint density at radius 3 is 2.62 bits per heavy atom. The van der Waals surface area contributed by atoms with Crippen molar-refractivity contribution in [3.63, 3.8) is 0 Å². The number of nitrogens with one attached hydrogen (secondary N) is 1. The molecule has 1 aliphatic carbocycles. The van der Waals surface area contributed by atoms with Gasteiger partial charge in [-0.3, -0.25) is 0 Å². The molecule has 0 aromatic carbocycles. The quantitative estimate of drug-likeness (QED) is 0.234. The van der Waals surface area contributed by atoms with Crippen LogP contribution in [0.5, 0.6) is 0 Å². The fourth-order valence-electron chi connectivity index (χ4n) is 3.47. The standard InChI is InChI=1S/C22H37N5O.HI/c1-3-23-22(26(2)14-15-28-18-19-8-9-19)25-17-20-10-11-21(24-16-20)27-12-6-4-5-7-13-27;/h10-11,16,19H,3-9,12-15,17-18H2,1-2H3,(H,23,25);1H. The van der Waals surface area contributed by atoms with E-state index in [1.54, 1.807) is 0 Å². The molecule has 29 heavy (non-hydrogen) atoms. The molecule has 1 saturated heterocycles. The summed E-state index contributed by atoms with van der Waals surface area (Å²) in [7, 11) is 2.07. The van der Waals surface area contributed by atoms with Crippen LogP contribution in [0.2, 0.25) is 0 Å². The Balaban J connectivity index is 0.00000300. The second-order valence-electron chi connectivity index (χ2n) is 8.04. The number of likely N-dealkylation sites (N-methyl/N-ethyl adjacent to an activating group) is 1. The van der Waals surface area contributed by atoms with Crippen molar-refractivity contribution in [2.75, 3.05) is 51.3 Å².